The fourth-order valence-corrected chi connectivity index (χ4v) is 4.96. The molecule has 0 spiro atoms. The third-order valence-electron chi connectivity index (χ3n) is 5.24. The number of aromatic nitrogens is 1. The predicted octanol–water partition coefficient (Wildman–Crippen LogP) is 1.04. The van der Waals surface area contributed by atoms with Gasteiger partial charge >= 0.3 is 19.7 Å². The Kier molecular flexibility index (Phi) is 8.95. The van der Waals surface area contributed by atoms with E-state index in [4.69, 9.17) is 13.8 Å². The van der Waals surface area contributed by atoms with E-state index in [1.54, 1.807) is 30.3 Å². The minimum Gasteiger partial charge on any atom is -0.477 e. The highest BCUT2D eigenvalue weighted by atomic mass is 31.2. The molecule has 0 bridgehead atoms. The molecule has 2 aromatic rings. The standard InChI is InChI=1S/C22H27N2O10P/c1-14(22(29)31-2)23-35(30,34-16-8-4-3-5-9-16)32-12-10-17-18(25)19(26)20(33-17)24-11-6-7-15(13-24)21(27)28/h3-9,11,13-14,17-20,25-26H,10,12H2,1-2H3,(H-,23,27,28,30)/p+1/t14-,17+,18+,19+,20+,35?/m0/s1. The third kappa shape index (κ3) is 6.85. The zero-order chi connectivity index (χ0) is 25.6. The number of benzene rings is 1. The van der Waals surface area contributed by atoms with Crippen molar-refractivity contribution in [3.05, 3.63) is 60.4 Å². The summed E-state index contributed by atoms with van der Waals surface area (Å²) < 4.78 is 36.1. The molecule has 1 aromatic heterocycles. The largest absolute Gasteiger partial charge is 0.477 e. The van der Waals surface area contributed by atoms with Gasteiger partial charge in [0.25, 0.3) is 6.23 Å². The molecule has 6 atom stereocenters. The smallest absolute Gasteiger partial charge is 0.459 e. The molecule has 0 aliphatic carbocycles. The van der Waals surface area contributed by atoms with E-state index in [0.717, 1.165) is 0 Å². The fourth-order valence-electron chi connectivity index (χ4n) is 3.46. The number of para-hydroxylation sites is 1. The SMILES string of the molecule is COC(=O)[C@H](C)NP(=O)(OCC[C@H]1O[C@@H]([n+]2cccc(C(=O)O)c2)[C@H](O)[C@@H]1O)Oc1ccccc1. The van der Waals surface area contributed by atoms with Gasteiger partial charge in [-0.3, -0.25) is 9.32 Å². The zero-order valence-electron chi connectivity index (χ0n) is 19.1. The number of aliphatic hydroxyl groups excluding tert-OH is 2. The fraction of sp³-hybridized carbons (Fsp3) is 0.409. The second-order valence-corrected chi connectivity index (χ2v) is 9.48. The Morgan fingerprint density at radius 2 is 1.89 bits per heavy atom. The lowest BCUT2D eigenvalue weighted by Gasteiger charge is -2.23. The van der Waals surface area contributed by atoms with Crippen LogP contribution >= 0.6 is 7.75 Å². The second kappa shape index (κ2) is 11.7. The summed E-state index contributed by atoms with van der Waals surface area (Å²) >= 11 is 0. The number of carboxylic acids is 1. The van der Waals surface area contributed by atoms with Gasteiger partial charge in [0.15, 0.2) is 18.5 Å². The number of pyridine rings is 1. The summed E-state index contributed by atoms with van der Waals surface area (Å²) in [6, 6.07) is 10.1. The van der Waals surface area contributed by atoms with Gasteiger partial charge in [0, 0.05) is 12.5 Å². The van der Waals surface area contributed by atoms with Crippen molar-refractivity contribution in [3.63, 3.8) is 0 Å². The van der Waals surface area contributed by atoms with E-state index in [9.17, 15) is 29.5 Å². The Bertz CT molecular complexity index is 1070. The van der Waals surface area contributed by atoms with E-state index in [1.165, 1.54) is 43.1 Å². The van der Waals surface area contributed by atoms with Crippen LogP contribution in [0.4, 0.5) is 0 Å². The molecule has 190 valence electrons. The van der Waals surface area contributed by atoms with Crippen LogP contribution in [-0.2, 0) is 23.4 Å². The number of carbonyl (C=O) groups excluding carboxylic acids is 1. The number of aromatic carboxylic acids is 1. The lowest BCUT2D eigenvalue weighted by molar-refractivity contribution is -0.765. The van der Waals surface area contributed by atoms with Crippen LogP contribution in [0.3, 0.4) is 0 Å². The number of aliphatic hydroxyl groups is 2. The molecule has 12 nitrogen and oxygen atoms in total. The van der Waals surface area contributed by atoms with Crippen LogP contribution in [0.25, 0.3) is 0 Å². The van der Waals surface area contributed by atoms with Crippen LogP contribution < -0.4 is 14.2 Å². The molecule has 0 amide bonds. The van der Waals surface area contributed by atoms with Gasteiger partial charge < -0.3 is 29.3 Å². The first-order chi connectivity index (χ1) is 16.6. The van der Waals surface area contributed by atoms with Gasteiger partial charge in [-0.15, -0.1) is 0 Å². The normalized spacial score (nSPS) is 24.3. The van der Waals surface area contributed by atoms with Crippen molar-refractivity contribution in [1.29, 1.82) is 0 Å². The molecule has 1 aliphatic heterocycles. The monoisotopic (exact) mass is 511 g/mol. The molecule has 1 unspecified atom stereocenters. The molecule has 3 rings (SSSR count). The van der Waals surface area contributed by atoms with E-state index < -0.39 is 50.3 Å². The van der Waals surface area contributed by atoms with Crippen molar-refractivity contribution in [3.8, 4) is 5.75 Å². The Balaban J connectivity index is 1.66. The lowest BCUT2D eigenvalue weighted by atomic mass is 10.1. The maximum Gasteiger partial charge on any atom is 0.459 e. The minimum atomic E-state index is -4.07. The second-order valence-electron chi connectivity index (χ2n) is 7.79. The summed E-state index contributed by atoms with van der Waals surface area (Å²) in [7, 11) is -2.88. The highest BCUT2D eigenvalue weighted by molar-refractivity contribution is 7.52. The van der Waals surface area contributed by atoms with Gasteiger partial charge in [-0.05, 0) is 25.1 Å². The number of carbonyl (C=O) groups is 2. The Morgan fingerprint density at radius 3 is 2.54 bits per heavy atom. The molecular weight excluding hydrogens is 483 g/mol. The van der Waals surface area contributed by atoms with Crippen molar-refractivity contribution in [2.75, 3.05) is 13.7 Å². The zero-order valence-corrected chi connectivity index (χ0v) is 20.0. The van der Waals surface area contributed by atoms with Crippen molar-refractivity contribution < 1.29 is 52.6 Å². The number of rotatable bonds is 11. The van der Waals surface area contributed by atoms with Crippen LogP contribution in [0, 0.1) is 0 Å². The van der Waals surface area contributed by atoms with E-state index in [-0.39, 0.29) is 24.3 Å². The van der Waals surface area contributed by atoms with Gasteiger partial charge in [-0.25, -0.2) is 9.36 Å². The summed E-state index contributed by atoms with van der Waals surface area (Å²) in [5.41, 5.74) is -0.0191. The minimum absolute atomic E-state index is 0.00430. The third-order valence-corrected chi connectivity index (χ3v) is 6.92. The Morgan fingerprint density at radius 1 is 1.17 bits per heavy atom. The number of esters is 1. The van der Waals surface area contributed by atoms with Crippen LogP contribution in [0.5, 0.6) is 5.75 Å². The summed E-state index contributed by atoms with van der Waals surface area (Å²) in [5, 5.41) is 32.6. The number of nitrogens with zero attached hydrogens (tertiary/aromatic N) is 1. The number of hydrogen-bond donors (Lipinski definition) is 4. The highest BCUT2D eigenvalue weighted by Gasteiger charge is 2.48. The van der Waals surface area contributed by atoms with E-state index in [0.29, 0.717) is 0 Å². The molecule has 1 aromatic carbocycles. The van der Waals surface area contributed by atoms with Crippen LogP contribution in [0.15, 0.2) is 54.9 Å². The summed E-state index contributed by atoms with van der Waals surface area (Å²) in [6.45, 7) is 1.20. The number of ether oxygens (including phenoxy) is 2. The lowest BCUT2D eigenvalue weighted by Crippen LogP contribution is -2.46. The highest BCUT2D eigenvalue weighted by Crippen LogP contribution is 2.45. The molecule has 35 heavy (non-hydrogen) atoms. The van der Waals surface area contributed by atoms with E-state index in [1.807, 2.05) is 0 Å². The molecule has 0 radical (unpaired) electrons. The van der Waals surface area contributed by atoms with Gasteiger partial charge in [0.2, 0.25) is 0 Å². The number of nitrogens with one attached hydrogen (secondary N) is 1. The average molecular weight is 511 g/mol. The van der Waals surface area contributed by atoms with E-state index in [2.05, 4.69) is 9.82 Å². The van der Waals surface area contributed by atoms with Crippen molar-refractivity contribution in [2.45, 2.75) is 43.9 Å². The van der Waals surface area contributed by atoms with Crippen LogP contribution in [-0.4, -0.2) is 65.3 Å². The van der Waals surface area contributed by atoms with Crippen LogP contribution in [0.1, 0.15) is 29.9 Å². The maximum atomic E-state index is 13.3. The first kappa shape index (κ1) is 26.7. The quantitative estimate of drug-likeness (QED) is 0.193. The summed E-state index contributed by atoms with van der Waals surface area (Å²) in [4.78, 5) is 23.0. The van der Waals surface area contributed by atoms with Crippen LogP contribution in [0.2, 0.25) is 0 Å². The average Bonchev–Trinajstić information content (AvgIpc) is 3.12. The van der Waals surface area contributed by atoms with Gasteiger partial charge in [-0.2, -0.15) is 9.65 Å². The number of methoxy groups -OCH3 is 1. The molecule has 1 saturated heterocycles. The summed E-state index contributed by atoms with van der Waals surface area (Å²) in [6.07, 6.45) is -1.84. The molecule has 2 heterocycles. The topological polar surface area (TPSA) is 165 Å². The predicted molar refractivity (Wildman–Crippen MR) is 119 cm³/mol. The maximum absolute atomic E-state index is 13.3. The molecule has 13 heteroatoms. The van der Waals surface area contributed by atoms with Crippen molar-refractivity contribution in [2.24, 2.45) is 0 Å². The molecule has 4 N–H and O–H groups in total. The Labute approximate surface area is 201 Å². The van der Waals surface area contributed by atoms with Gasteiger partial charge in [0.1, 0.15) is 23.5 Å². The Hall–Kier alpha value is -2.86. The number of hydrogen-bond acceptors (Lipinski definition) is 9. The van der Waals surface area contributed by atoms with Crippen molar-refractivity contribution >= 4 is 19.7 Å². The van der Waals surface area contributed by atoms with Crippen molar-refractivity contribution in [1.82, 2.24) is 5.09 Å². The van der Waals surface area contributed by atoms with Gasteiger partial charge in [-0.1, -0.05) is 18.2 Å². The molecule has 1 fully saturated rings. The molecule has 1 aliphatic rings. The first-order valence-corrected chi connectivity index (χ1v) is 12.3. The summed E-state index contributed by atoms with van der Waals surface area (Å²) in [5.74, 6) is -1.59. The van der Waals surface area contributed by atoms with E-state index >= 15 is 0 Å². The van der Waals surface area contributed by atoms with Gasteiger partial charge in [0.05, 0.1) is 19.8 Å². The molecular formula is C22H28N2O10P+. The number of carboxylic acid groups (broad SMARTS) is 1. The molecule has 0 saturated carbocycles. The first-order valence-electron chi connectivity index (χ1n) is 10.7.